The summed E-state index contributed by atoms with van der Waals surface area (Å²) < 4.78 is 39.7. The van der Waals surface area contributed by atoms with Gasteiger partial charge in [0.1, 0.15) is 0 Å². The lowest BCUT2D eigenvalue weighted by atomic mass is 10.3. The van der Waals surface area contributed by atoms with Gasteiger partial charge in [0, 0.05) is 22.9 Å². The van der Waals surface area contributed by atoms with Gasteiger partial charge in [0.15, 0.2) is 22.6 Å². The molecule has 0 saturated heterocycles. The van der Waals surface area contributed by atoms with Crippen molar-refractivity contribution in [3.8, 4) is 0 Å². The molecule has 2 aromatic carbocycles. The van der Waals surface area contributed by atoms with Gasteiger partial charge in [-0.2, -0.15) is 0 Å². The maximum Gasteiger partial charge on any atom is 0.164 e. The van der Waals surface area contributed by atoms with Gasteiger partial charge in [-0.3, -0.25) is 0 Å². The van der Waals surface area contributed by atoms with Gasteiger partial charge in [-0.25, -0.2) is 16.7 Å². The van der Waals surface area contributed by atoms with E-state index in [2.05, 4.69) is 0 Å². The Morgan fingerprint density at radius 1 is 1.06 bits per heavy atom. The van der Waals surface area contributed by atoms with Crippen LogP contribution in [0.5, 0.6) is 0 Å². The molecular formula is C12H7F2NOS2. The van der Waals surface area contributed by atoms with Crippen LogP contribution >= 0.6 is 11.9 Å². The highest BCUT2D eigenvalue weighted by Gasteiger charge is 2.28. The maximum absolute atomic E-state index is 13.2. The van der Waals surface area contributed by atoms with Crippen LogP contribution in [0.2, 0.25) is 0 Å². The summed E-state index contributed by atoms with van der Waals surface area (Å²) in [5.41, 5.74) is 0.383. The van der Waals surface area contributed by atoms with Crippen molar-refractivity contribution in [3.05, 3.63) is 54.1 Å². The maximum atomic E-state index is 13.2. The molecule has 0 amide bonds. The Hall–Kier alpha value is -1.40. The molecule has 1 atom stereocenters. The first-order chi connectivity index (χ1) is 8.66. The minimum absolute atomic E-state index is 0.383. The molecule has 6 heteroatoms. The zero-order chi connectivity index (χ0) is 12.7. The molecule has 0 saturated carbocycles. The van der Waals surface area contributed by atoms with E-state index in [0.717, 1.165) is 17.0 Å². The molecule has 0 spiro atoms. The van der Waals surface area contributed by atoms with Gasteiger partial charge < -0.3 is 0 Å². The average molecular weight is 283 g/mol. The second-order valence-corrected chi connectivity index (χ2v) is 6.16. The molecule has 92 valence electrons. The molecule has 1 unspecified atom stereocenters. The number of rotatable bonds is 1. The van der Waals surface area contributed by atoms with E-state index in [9.17, 15) is 13.0 Å². The van der Waals surface area contributed by atoms with E-state index in [1.807, 2.05) is 12.1 Å². The van der Waals surface area contributed by atoms with E-state index in [1.54, 1.807) is 12.1 Å². The van der Waals surface area contributed by atoms with E-state index in [-0.39, 0.29) is 0 Å². The number of nitrogens with zero attached hydrogens (tertiary/aromatic N) is 1. The molecule has 0 aromatic heterocycles. The lowest BCUT2D eigenvalue weighted by molar-refractivity contribution is 0.509. The number of benzene rings is 2. The third-order valence-corrected chi connectivity index (χ3v) is 5.42. The summed E-state index contributed by atoms with van der Waals surface area (Å²) in [6.07, 6.45) is 0. The van der Waals surface area contributed by atoms with Gasteiger partial charge in [0.2, 0.25) is 0 Å². The van der Waals surface area contributed by atoms with Crippen LogP contribution in [-0.4, -0.2) is 4.21 Å². The molecule has 0 aliphatic carbocycles. The van der Waals surface area contributed by atoms with Gasteiger partial charge in [-0.1, -0.05) is 12.1 Å². The molecule has 18 heavy (non-hydrogen) atoms. The number of halogens is 2. The monoisotopic (exact) mass is 283 g/mol. The third-order valence-electron chi connectivity index (χ3n) is 2.48. The fourth-order valence-electron chi connectivity index (χ4n) is 1.63. The highest BCUT2D eigenvalue weighted by atomic mass is 32.2. The van der Waals surface area contributed by atoms with E-state index >= 15 is 0 Å². The SMILES string of the molecule is O=S1c2ccccc2SN1c1ccc(F)c(F)c1. The molecule has 2 nitrogen and oxygen atoms in total. The Morgan fingerprint density at radius 3 is 2.56 bits per heavy atom. The Kier molecular flexibility index (Phi) is 2.83. The summed E-state index contributed by atoms with van der Waals surface area (Å²) in [7, 11) is -1.39. The van der Waals surface area contributed by atoms with Crippen LogP contribution in [0, 0.1) is 11.6 Å². The van der Waals surface area contributed by atoms with Gasteiger partial charge in [0.25, 0.3) is 0 Å². The fourth-order valence-corrected chi connectivity index (χ4v) is 4.32. The predicted octanol–water partition coefficient (Wildman–Crippen LogP) is 3.51. The summed E-state index contributed by atoms with van der Waals surface area (Å²) in [4.78, 5) is 1.55. The summed E-state index contributed by atoms with van der Waals surface area (Å²) in [6, 6.07) is 10.7. The van der Waals surface area contributed by atoms with Crippen LogP contribution in [-0.2, 0) is 11.0 Å². The first-order valence-corrected chi connectivity index (χ1v) is 6.99. The largest absolute Gasteiger partial charge is 0.230 e. The minimum Gasteiger partial charge on any atom is -0.230 e. The van der Waals surface area contributed by atoms with Crippen molar-refractivity contribution >= 4 is 28.6 Å². The number of anilines is 1. The van der Waals surface area contributed by atoms with Gasteiger partial charge >= 0.3 is 0 Å². The van der Waals surface area contributed by atoms with Gasteiger partial charge in [0.05, 0.1) is 10.6 Å². The second-order valence-electron chi connectivity index (χ2n) is 3.64. The zero-order valence-electron chi connectivity index (χ0n) is 8.97. The van der Waals surface area contributed by atoms with Crippen LogP contribution < -0.4 is 3.71 Å². The summed E-state index contributed by atoms with van der Waals surface area (Å²) in [5, 5.41) is 0. The van der Waals surface area contributed by atoms with E-state index in [4.69, 9.17) is 0 Å². The van der Waals surface area contributed by atoms with Crippen molar-refractivity contribution in [2.75, 3.05) is 3.71 Å². The number of hydrogen-bond acceptors (Lipinski definition) is 2. The van der Waals surface area contributed by atoms with Crippen LogP contribution in [0.15, 0.2) is 52.3 Å². The predicted molar refractivity (Wildman–Crippen MR) is 67.5 cm³/mol. The van der Waals surface area contributed by atoms with E-state index in [1.165, 1.54) is 21.7 Å². The minimum atomic E-state index is -1.39. The number of fused-ring (bicyclic) bond motifs is 1. The molecule has 0 fully saturated rings. The van der Waals surface area contributed by atoms with Crippen LogP contribution in [0.25, 0.3) is 0 Å². The lowest BCUT2D eigenvalue weighted by Crippen LogP contribution is -2.12. The average Bonchev–Trinajstić information content (AvgIpc) is 2.71. The van der Waals surface area contributed by atoms with Crippen molar-refractivity contribution in [1.82, 2.24) is 0 Å². The van der Waals surface area contributed by atoms with Crippen molar-refractivity contribution in [2.24, 2.45) is 0 Å². The second kappa shape index (κ2) is 4.37. The summed E-state index contributed by atoms with van der Waals surface area (Å²) >= 11 is 1.26. The van der Waals surface area contributed by atoms with Crippen LogP contribution in [0.4, 0.5) is 14.5 Å². The molecule has 0 N–H and O–H groups in total. The third kappa shape index (κ3) is 1.81. The highest BCUT2D eigenvalue weighted by Crippen LogP contribution is 2.42. The molecule has 1 aliphatic rings. The highest BCUT2D eigenvalue weighted by molar-refractivity contribution is 8.14. The van der Waals surface area contributed by atoms with E-state index in [0.29, 0.717) is 10.6 Å². The van der Waals surface area contributed by atoms with Crippen LogP contribution in [0.3, 0.4) is 0 Å². The summed E-state index contributed by atoms with van der Waals surface area (Å²) in [6.45, 7) is 0. The topological polar surface area (TPSA) is 20.3 Å². The Bertz CT molecular complexity index is 648. The zero-order valence-corrected chi connectivity index (χ0v) is 10.6. The molecule has 3 rings (SSSR count). The van der Waals surface area contributed by atoms with Crippen molar-refractivity contribution in [1.29, 1.82) is 0 Å². The first kappa shape index (κ1) is 11.7. The standard InChI is InChI=1S/C12H7F2NOS2/c13-9-6-5-8(7-10(9)14)15-17-11-3-1-2-4-12(11)18(15)16/h1-7H. The Morgan fingerprint density at radius 2 is 1.83 bits per heavy atom. The fraction of sp³-hybridized carbons (Fsp3) is 0. The van der Waals surface area contributed by atoms with Crippen molar-refractivity contribution in [2.45, 2.75) is 9.79 Å². The van der Waals surface area contributed by atoms with Crippen molar-refractivity contribution in [3.63, 3.8) is 0 Å². The van der Waals surface area contributed by atoms with Gasteiger partial charge in [-0.15, -0.1) is 0 Å². The smallest absolute Gasteiger partial charge is 0.164 e. The Balaban J connectivity index is 2.01. The molecule has 2 aromatic rings. The van der Waals surface area contributed by atoms with E-state index < -0.39 is 22.6 Å². The van der Waals surface area contributed by atoms with Crippen molar-refractivity contribution < 1.29 is 13.0 Å². The van der Waals surface area contributed by atoms with Gasteiger partial charge in [-0.05, 0) is 24.3 Å². The number of hydrogen-bond donors (Lipinski definition) is 0. The lowest BCUT2D eigenvalue weighted by Gasteiger charge is -2.14. The van der Waals surface area contributed by atoms with Crippen LogP contribution in [0.1, 0.15) is 0 Å². The summed E-state index contributed by atoms with van der Waals surface area (Å²) in [5.74, 6) is -1.85. The normalized spacial score (nSPS) is 17.9. The first-order valence-electron chi connectivity index (χ1n) is 5.11. The molecule has 0 bridgehead atoms. The molecule has 1 aliphatic heterocycles. The Labute approximate surface area is 109 Å². The molecular weight excluding hydrogens is 276 g/mol. The quantitative estimate of drug-likeness (QED) is 0.746. The molecule has 1 heterocycles. The molecule has 0 radical (unpaired) electrons.